The number of aryl methyl sites for hydroxylation is 1. The molecule has 1 fully saturated rings. The maximum Gasteiger partial charge on any atom is 0.303 e. The summed E-state index contributed by atoms with van der Waals surface area (Å²) in [4.78, 5) is 13.0. The molecule has 5 heteroatoms. The first kappa shape index (κ1) is 17.0. The van der Waals surface area contributed by atoms with E-state index in [9.17, 15) is 4.79 Å². The van der Waals surface area contributed by atoms with Crippen molar-refractivity contribution in [2.45, 2.75) is 25.2 Å². The number of carbonyl (C=O) groups is 1. The molecule has 0 bridgehead atoms. The molecule has 3 rings (SSSR count). The summed E-state index contributed by atoms with van der Waals surface area (Å²) in [6, 6.07) is 16.2. The summed E-state index contributed by atoms with van der Waals surface area (Å²) in [5.74, 6) is -0.179. The van der Waals surface area contributed by atoms with Gasteiger partial charge in [-0.25, -0.2) is 0 Å². The molecule has 1 aliphatic rings. The quantitative estimate of drug-likeness (QED) is 0.558. The van der Waals surface area contributed by atoms with Gasteiger partial charge in [0, 0.05) is 36.7 Å². The number of carboxylic acids is 1. The van der Waals surface area contributed by atoms with Crippen molar-refractivity contribution in [3.8, 4) is 0 Å². The molecule has 1 heterocycles. The zero-order valence-corrected chi connectivity index (χ0v) is 14.1. The molecular weight excluding hydrogens is 314 g/mol. The highest BCUT2D eigenvalue weighted by Gasteiger charge is 2.24. The van der Waals surface area contributed by atoms with Crippen LogP contribution in [0.15, 0.2) is 48.5 Å². The number of nitrogens with two attached hydrogens (primary N) is 1. The molecule has 25 heavy (non-hydrogen) atoms. The molecule has 2 aromatic carbocycles. The topological polar surface area (TPSA) is 90.4 Å². The van der Waals surface area contributed by atoms with Gasteiger partial charge >= 0.3 is 5.97 Å². The minimum absolute atomic E-state index is 0.0915. The lowest BCUT2D eigenvalue weighted by Gasteiger charge is -2.19. The highest BCUT2D eigenvalue weighted by molar-refractivity contribution is 5.95. The molecule has 130 valence electrons. The predicted octanol–water partition coefficient (Wildman–Crippen LogP) is 2.98. The molecule has 1 atom stereocenters. The standard InChI is InChI=1S/C20H23N3O2/c21-20(22)16-6-8-18(9-7-16)23-12-11-17(13-23)15-4-1-14(2-5-15)3-10-19(24)25/h1-2,4-9,17H,3,10-13H2,(H3,21,22)(H,24,25). The minimum Gasteiger partial charge on any atom is -0.481 e. The second-order valence-electron chi connectivity index (χ2n) is 6.53. The summed E-state index contributed by atoms with van der Waals surface area (Å²) in [6.07, 6.45) is 1.85. The van der Waals surface area contributed by atoms with E-state index in [0.29, 0.717) is 12.3 Å². The normalized spacial score (nSPS) is 16.8. The van der Waals surface area contributed by atoms with Gasteiger partial charge < -0.3 is 15.7 Å². The molecule has 0 spiro atoms. The van der Waals surface area contributed by atoms with Crippen LogP contribution in [0.5, 0.6) is 0 Å². The lowest BCUT2D eigenvalue weighted by atomic mass is 9.96. The third-order valence-electron chi connectivity index (χ3n) is 4.81. The van der Waals surface area contributed by atoms with Gasteiger partial charge in [-0.15, -0.1) is 0 Å². The molecule has 0 radical (unpaired) electrons. The average Bonchev–Trinajstić information content (AvgIpc) is 3.10. The van der Waals surface area contributed by atoms with E-state index in [4.69, 9.17) is 16.2 Å². The van der Waals surface area contributed by atoms with Crippen molar-refractivity contribution in [3.05, 3.63) is 65.2 Å². The number of hydrogen-bond acceptors (Lipinski definition) is 3. The van der Waals surface area contributed by atoms with E-state index < -0.39 is 5.97 Å². The summed E-state index contributed by atoms with van der Waals surface area (Å²) in [5.41, 5.74) is 9.78. The first-order valence-corrected chi connectivity index (χ1v) is 8.53. The van der Waals surface area contributed by atoms with E-state index in [1.165, 1.54) is 5.56 Å². The number of carboxylic acid groups (broad SMARTS) is 1. The van der Waals surface area contributed by atoms with Gasteiger partial charge in [-0.3, -0.25) is 10.2 Å². The van der Waals surface area contributed by atoms with Gasteiger partial charge in [-0.05, 0) is 48.2 Å². The number of nitrogens with one attached hydrogen (secondary N) is 1. The number of rotatable bonds is 6. The van der Waals surface area contributed by atoms with Crippen LogP contribution < -0.4 is 10.6 Å². The van der Waals surface area contributed by atoms with Crippen LogP contribution in [-0.4, -0.2) is 30.0 Å². The Bertz CT molecular complexity index is 754. The number of hydrogen-bond donors (Lipinski definition) is 3. The predicted molar refractivity (Wildman–Crippen MR) is 99.4 cm³/mol. The Hall–Kier alpha value is -2.82. The molecule has 2 aromatic rings. The van der Waals surface area contributed by atoms with Crippen molar-refractivity contribution >= 4 is 17.5 Å². The number of nitrogen functional groups attached to an aromatic ring is 1. The van der Waals surface area contributed by atoms with Crippen molar-refractivity contribution in [2.24, 2.45) is 5.73 Å². The van der Waals surface area contributed by atoms with Crippen LogP contribution in [0.25, 0.3) is 0 Å². The van der Waals surface area contributed by atoms with Crippen molar-refractivity contribution in [2.75, 3.05) is 18.0 Å². The average molecular weight is 337 g/mol. The van der Waals surface area contributed by atoms with E-state index >= 15 is 0 Å². The van der Waals surface area contributed by atoms with Crippen molar-refractivity contribution in [3.63, 3.8) is 0 Å². The smallest absolute Gasteiger partial charge is 0.303 e. The van der Waals surface area contributed by atoms with Gasteiger partial charge in [0.05, 0.1) is 0 Å². The van der Waals surface area contributed by atoms with E-state index in [-0.39, 0.29) is 12.3 Å². The van der Waals surface area contributed by atoms with Crippen LogP contribution >= 0.6 is 0 Å². The molecule has 4 N–H and O–H groups in total. The highest BCUT2D eigenvalue weighted by atomic mass is 16.4. The summed E-state index contributed by atoms with van der Waals surface area (Å²) in [5, 5.41) is 16.2. The molecule has 0 amide bonds. The van der Waals surface area contributed by atoms with Crippen LogP contribution in [0.3, 0.4) is 0 Å². The van der Waals surface area contributed by atoms with Gasteiger partial charge in [0.1, 0.15) is 5.84 Å². The Morgan fingerprint density at radius 1 is 1.16 bits per heavy atom. The molecule has 0 aromatic heterocycles. The van der Waals surface area contributed by atoms with E-state index in [1.54, 1.807) is 0 Å². The van der Waals surface area contributed by atoms with Crippen LogP contribution in [0.1, 0.15) is 35.4 Å². The summed E-state index contributed by atoms with van der Waals surface area (Å²) < 4.78 is 0. The fraction of sp³-hybridized carbons (Fsp3) is 0.300. The van der Waals surface area contributed by atoms with E-state index in [1.807, 2.05) is 36.4 Å². The van der Waals surface area contributed by atoms with E-state index in [2.05, 4.69) is 17.0 Å². The first-order chi connectivity index (χ1) is 12.0. The Morgan fingerprint density at radius 3 is 2.44 bits per heavy atom. The maximum absolute atomic E-state index is 10.7. The zero-order valence-electron chi connectivity index (χ0n) is 14.1. The summed E-state index contributed by atoms with van der Waals surface area (Å²) in [7, 11) is 0. The Morgan fingerprint density at radius 2 is 1.84 bits per heavy atom. The molecule has 0 aliphatic carbocycles. The van der Waals surface area contributed by atoms with E-state index in [0.717, 1.165) is 36.3 Å². The van der Waals surface area contributed by atoms with Crippen molar-refractivity contribution < 1.29 is 9.90 Å². The fourth-order valence-electron chi connectivity index (χ4n) is 3.33. The zero-order chi connectivity index (χ0) is 17.8. The minimum atomic E-state index is -0.758. The van der Waals surface area contributed by atoms with Crippen molar-refractivity contribution in [1.82, 2.24) is 0 Å². The second kappa shape index (κ2) is 7.38. The lowest BCUT2D eigenvalue weighted by molar-refractivity contribution is -0.136. The van der Waals surface area contributed by atoms with Gasteiger partial charge in [-0.1, -0.05) is 24.3 Å². The van der Waals surface area contributed by atoms with Crippen LogP contribution in [0.4, 0.5) is 5.69 Å². The van der Waals surface area contributed by atoms with Gasteiger partial charge in [0.15, 0.2) is 0 Å². The summed E-state index contributed by atoms with van der Waals surface area (Å²) in [6.45, 7) is 1.97. The third kappa shape index (κ3) is 4.18. The van der Waals surface area contributed by atoms with Crippen molar-refractivity contribution in [1.29, 1.82) is 5.41 Å². The largest absolute Gasteiger partial charge is 0.481 e. The molecule has 1 aliphatic heterocycles. The molecule has 5 nitrogen and oxygen atoms in total. The molecular formula is C20H23N3O2. The SMILES string of the molecule is N=C(N)c1ccc(N2CCC(c3ccc(CCC(=O)O)cc3)C2)cc1. The first-order valence-electron chi connectivity index (χ1n) is 8.53. The highest BCUT2D eigenvalue weighted by Crippen LogP contribution is 2.31. The monoisotopic (exact) mass is 337 g/mol. The molecule has 1 unspecified atom stereocenters. The number of aliphatic carboxylic acids is 1. The number of nitrogens with zero attached hydrogens (tertiary/aromatic N) is 1. The maximum atomic E-state index is 10.7. The second-order valence-corrected chi connectivity index (χ2v) is 6.53. The van der Waals surface area contributed by atoms with Gasteiger partial charge in [-0.2, -0.15) is 0 Å². The van der Waals surface area contributed by atoms with Crippen LogP contribution in [0.2, 0.25) is 0 Å². The Kier molecular flexibility index (Phi) is 5.03. The van der Waals surface area contributed by atoms with Crippen LogP contribution in [0, 0.1) is 5.41 Å². The third-order valence-corrected chi connectivity index (χ3v) is 4.81. The lowest BCUT2D eigenvalue weighted by Crippen LogP contribution is -2.19. The van der Waals surface area contributed by atoms with Gasteiger partial charge in [0.25, 0.3) is 0 Å². The number of benzene rings is 2. The summed E-state index contributed by atoms with van der Waals surface area (Å²) >= 11 is 0. The number of anilines is 1. The Labute approximate surface area is 147 Å². The molecule has 0 saturated carbocycles. The Balaban J connectivity index is 1.62. The van der Waals surface area contributed by atoms with Gasteiger partial charge in [0.2, 0.25) is 0 Å². The fourth-order valence-corrected chi connectivity index (χ4v) is 3.33. The molecule has 1 saturated heterocycles. The van der Waals surface area contributed by atoms with Crippen LogP contribution in [-0.2, 0) is 11.2 Å². The number of amidine groups is 1.